The smallest absolute Gasteiger partial charge is 0.0654 e. The zero-order valence-electron chi connectivity index (χ0n) is 11.9. The highest BCUT2D eigenvalue weighted by atomic mass is 35.5. The molecule has 0 aliphatic rings. The lowest BCUT2D eigenvalue weighted by molar-refractivity contribution is 0.120. The zero-order valence-corrected chi connectivity index (χ0v) is 12.6. The van der Waals surface area contributed by atoms with Crippen molar-refractivity contribution in [1.29, 1.82) is 0 Å². The van der Waals surface area contributed by atoms with Crippen molar-refractivity contribution in [3.8, 4) is 0 Å². The minimum Gasteiger partial charge on any atom is -0.395 e. The average Bonchev–Trinajstić information content (AvgIpc) is 2.40. The van der Waals surface area contributed by atoms with E-state index >= 15 is 0 Å². The first-order chi connectivity index (χ1) is 8.81. The van der Waals surface area contributed by atoms with E-state index in [1.807, 2.05) is 24.3 Å². The molecular formula is C16H23ClO2. The zero-order chi connectivity index (χ0) is 14.7. The van der Waals surface area contributed by atoms with E-state index < -0.39 is 10.8 Å². The third-order valence-corrected chi connectivity index (χ3v) is 4.22. The van der Waals surface area contributed by atoms with Crippen LogP contribution in [0.2, 0.25) is 0 Å². The topological polar surface area (TPSA) is 40.5 Å². The second kappa shape index (κ2) is 6.08. The molecule has 3 heteroatoms. The minimum absolute atomic E-state index is 0.0679. The summed E-state index contributed by atoms with van der Waals surface area (Å²) in [6, 6.07) is 7.88. The van der Waals surface area contributed by atoms with E-state index in [1.54, 1.807) is 6.08 Å². The van der Waals surface area contributed by atoms with Gasteiger partial charge < -0.3 is 10.2 Å². The molecule has 1 unspecified atom stereocenters. The summed E-state index contributed by atoms with van der Waals surface area (Å²) in [4.78, 5) is 0. The van der Waals surface area contributed by atoms with Gasteiger partial charge in [-0.05, 0) is 16.5 Å². The maximum absolute atomic E-state index is 9.67. The summed E-state index contributed by atoms with van der Waals surface area (Å²) in [5.74, 6) is 0. The Bertz CT molecular complexity index is 413. The van der Waals surface area contributed by atoms with E-state index in [9.17, 15) is 10.2 Å². The molecule has 0 aromatic heterocycles. The fourth-order valence-electron chi connectivity index (χ4n) is 2.09. The van der Waals surface area contributed by atoms with Crippen molar-refractivity contribution in [3.05, 3.63) is 48.0 Å². The molecular weight excluding hydrogens is 260 g/mol. The molecule has 0 spiro atoms. The summed E-state index contributed by atoms with van der Waals surface area (Å²) in [6.07, 6.45) is 1.55. The lowest BCUT2D eigenvalue weighted by Gasteiger charge is -2.34. The lowest BCUT2D eigenvalue weighted by atomic mass is 9.77. The Labute approximate surface area is 120 Å². The molecule has 0 amide bonds. The molecule has 1 atom stereocenters. The summed E-state index contributed by atoms with van der Waals surface area (Å²) >= 11 is 6.21. The third-order valence-electron chi connectivity index (χ3n) is 3.62. The van der Waals surface area contributed by atoms with Crippen molar-refractivity contribution >= 4 is 11.6 Å². The van der Waals surface area contributed by atoms with Crippen LogP contribution in [-0.4, -0.2) is 28.8 Å². The number of hydrogen-bond donors (Lipinski definition) is 2. The van der Waals surface area contributed by atoms with Crippen molar-refractivity contribution in [2.45, 2.75) is 37.0 Å². The molecule has 1 aromatic carbocycles. The number of rotatable bonds is 5. The molecule has 0 saturated heterocycles. The van der Waals surface area contributed by atoms with E-state index in [4.69, 9.17) is 11.6 Å². The average molecular weight is 283 g/mol. The number of alkyl halides is 1. The van der Waals surface area contributed by atoms with Crippen molar-refractivity contribution in [1.82, 2.24) is 0 Å². The van der Waals surface area contributed by atoms with Gasteiger partial charge in [0.1, 0.15) is 0 Å². The van der Waals surface area contributed by atoms with Gasteiger partial charge in [-0.2, -0.15) is 0 Å². The lowest BCUT2D eigenvalue weighted by Crippen LogP contribution is -2.42. The first kappa shape index (κ1) is 16.2. The van der Waals surface area contributed by atoms with Crippen LogP contribution in [0.4, 0.5) is 0 Å². The Hall–Kier alpha value is -0.830. The first-order valence-corrected chi connectivity index (χ1v) is 6.85. The Kier molecular flexibility index (Phi) is 5.19. The quantitative estimate of drug-likeness (QED) is 0.644. The van der Waals surface area contributed by atoms with E-state index in [0.717, 1.165) is 5.56 Å². The predicted molar refractivity (Wildman–Crippen MR) is 80.8 cm³/mol. The van der Waals surface area contributed by atoms with Crippen LogP contribution in [0.25, 0.3) is 0 Å². The van der Waals surface area contributed by atoms with Gasteiger partial charge >= 0.3 is 0 Å². The second-order valence-corrected chi connectivity index (χ2v) is 6.41. The molecule has 2 nitrogen and oxygen atoms in total. The van der Waals surface area contributed by atoms with Gasteiger partial charge in [-0.25, -0.2) is 0 Å². The van der Waals surface area contributed by atoms with Gasteiger partial charge in [0.05, 0.1) is 24.0 Å². The fraction of sp³-hybridized carbons (Fsp3) is 0.500. The number of aliphatic hydroxyl groups is 2. The normalized spacial score (nSPS) is 14.2. The van der Waals surface area contributed by atoms with Gasteiger partial charge in [-0.3, -0.25) is 0 Å². The molecule has 106 valence electrons. The molecule has 0 bridgehead atoms. The number of halogens is 1. The molecule has 2 N–H and O–H groups in total. The highest BCUT2D eigenvalue weighted by Gasteiger charge is 2.37. The number of benzene rings is 1. The van der Waals surface area contributed by atoms with Gasteiger partial charge in [0.15, 0.2) is 0 Å². The van der Waals surface area contributed by atoms with E-state index in [-0.39, 0.29) is 18.6 Å². The summed E-state index contributed by atoms with van der Waals surface area (Å²) in [6.45, 7) is 9.62. The first-order valence-electron chi connectivity index (χ1n) is 6.41. The molecule has 0 aliphatic heterocycles. The van der Waals surface area contributed by atoms with Crippen LogP contribution in [0, 0.1) is 0 Å². The Balaban J connectivity index is 3.22. The fourth-order valence-corrected chi connectivity index (χ4v) is 2.36. The molecule has 0 fully saturated rings. The molecule has 1 rings (SSSR count). The molecule has 19 heavy (non-hydrogen) atoms. The highest BCUT2D eigenvalue weighted by Crippen LogP contribution is 2.33. The standard InChI is InChI=1S/C16H23ClO2/c1-5-14(17)16(10-18,11-19)13-8-6-12(7-9-13)15(2,3)4/h5-9,14,18-19H,1,10-11H2,2-4H3. The largest absolute Gasteiger partial charge is 0.395 e. The van der Waals surface area contributed by atoms with Gasteiger partial charge in [0.25, 0.3) is 0 Å². The van der Waals surface area contributed by atoms with Gasteiger partial charge in [0, 0.05) is 0 Å². The third kappa shape index (κ3) is 3.19. The predicted octanol–water partition coefficient (Wildman–Crippen LogP) is 3.00. The van der Waals surface area contributed by atoms with Gasteiger partial charge in [0.2, 0.25) is 0 Å². The molecule has 0 saturated carbocycles. The van der Waals surface area contributed by atoms with Crippen molar-refractivity contribution in [2.75, 3.05) is 13.2 Å². The highest BCUT2D eigenvalue weighted by molar-refractivity contribution is 6.22. The van der Waals surface area contributed by atoms with Crippen LogP contribution in [0.3, 0.4) is 0 Å². The molecule has 0 aliphatic carbocycles. The summed E-state index contributed by atoms with van der Waals surface area (Å²) in [5, 5.41) is 18.8. The van der Waals surface area contributed by atoms with Crippen LogP contribution < -0.4 is 0 Å². The summed E-state index contributed by atoms with van der Waals surface area (Å²) in [5.41, 5.74) is 1.20. The SMILES string of the molecule is C=CC(Cl)C(CO)(CO)c1ccc(C(C)(C)C)cc1. The van der Waals surface area contributed by atoms with E-state index in [1.165, 1.54) is 5.56 Å². The van der Waals surface area contributed by atoms with Crippen LogP contribution in [0.5, 0.6) is 0 Å². The molecule has 0 radical (unpaired) electrons. The maximum Gasteiger partial charge on any atom is 0.0654 e. The summed E-state index contributed by atoms with van der Waals surface area (Å²) in [7, 11) is 0. The second-order valence-electron chi connectivity index (χ2n) is 5.94. The Morgan fingerprint density at radius 3 is 1.84 bits per heavy atom. The van der Waals surface area contributed by atoms with E-state index in [2.05, 4.69) is 27.4 Å². The van der Waals surface area contributed by atoms with E-state index in [0.29, 0.717) is 0 Å². The maximum atomic E-state index is 9.67. The molecule has 1 aromatic rings. The van der Waals surface area contributed by atoms with Crippen molar-refractivity contribution in [3.63, 3.8) is 0 Å². The monoisotopic (exact) mass is 282 g/mol. The summed E-state index contributed by atoms with van der Waals surface area (Å²) < 4.78 is 0. The minimum atomic E-state index is -0.889. The Morgan fingerprint density at radius 2 is 1.53 bits per heavy atom. The van der Waals surface area contributed by atoms with Crippen LogP contribution in [0.15, 0.2) is 36.9 Å². The van der Waals surface area contributed by atoms with Crippen LogP contribution >= 0.6 is 11.6 Å². The number of aliphatic hydroxyl groups excluding tert-OH is 2. The number of allylic oxidation sites excluding steroid dienone is 1. The van der Waals surface area contributed by atoms with Gasteiger partial charge in [-0.15, -0.1) is 18.2 Å². The Morgan fingerprint density at radius 1 is 1.11 bits per heavy atom. The molecule has 0 heterocycles. The van der Waals surface area contributed by atoms with Crippen LogP contribution in [0.1, 0.15) is 31.9 Å². The van der Waals surface area contributed by atoms with Gasteiger partial charge in [-0.1, -0.05) is 51.1 Å². The van der Waals surface area contributed by atoms with Crippen molar-refractivity contribution in [2.24, 2.45) is 0 Å². The number of hydrogen-bond acceptors (Lipinski definition) is 2. The van der Waals surface area contributed by atoms with Crippen molar-refractivity contribution < 1.29 is 10.2 Å². The van der Waals surface area contributed by atoms with Crippen LogP contribution in [-0.2, 0) is 10.8 Å².